The molecular weight excluding hydrogens is 238 g/mol. The second kappa shape index (κ2) is 4.79. The third-order valence-corrected chi connectivity index (χ3v) is 3.89. The minimum atomic E-state index is -0.951. The van der Waals surface area contributed by atoms with Gasteiger partial charge in [0, 0.05) is 4.90 Å². The fourth-order valence-electron chi connectivity index (χ4n) is 1.70. The third-order valence-electron chi connectivity index (χ3n) is 2.63. The number of aliphatic carboxylic acids is 1. The second-order valence-electron chi connectivity index (χ2n) is 3.88. The molecule has 1 aliphatic heterocycles. The smallest absolute Gasteiger partial charge is 0.305 e. The molecule has 0 radical (unpaired) electrons. The first kappa shape index (κ1) is 12.0. The Bertz CT molecular complexity index is 473. The molecule has 0 aromatic heterocycles. The summed E-state index contributed by atoms with van der Waals surface area (Å²) in [4.78, 5) is 23.3. The minimum absolute atomic E-state index is 0.147. The van der Waals surface area contributed by atoms with Crippen LogP contribution in [0.2, 0.25) is 0 Å². The first-order valence-corrected chi connectivity index (χ1v) is 6.30. The van der Waals surface area contributed by atoms with Crippen LogP contribution in [0.15, 0.2) is 23.1 Å². The summed E-state index contributed by atoms with van der Waals surface area (Å²) in [6, 6.07) is 5.85. The highest BCUT2D eigenvalue weighted by Crippen LogP contribution is 2.37. The summed E-state index contributed by atoms with van der Waals surface area (Å²) in [5.41, 5.74) is 1.96. The highest BCUT2D eigenvalue weighted by atomic mass is 32.2. The van der Waals surface area contributed by atoms with Crippen LogP contribution in [0.25, 0.3) is 0 Å². The first-order valence-electron chi connectivity index (χ1n) is 5.42. The lowest BCUT2D eigenvalue weighted by Gasteiger charge is -2.23. The second-order valence-corrected chi connectivity index (χ2v) is 5.12. The molecule has 1 aromatic rings. The first-order chi connectivity index (χ1) is 8.10. The molecule has 5 heteroatoms. The Hall–Kier alpha value is -1.49. The van der Waals surface area contributed by atoms with Crippen molar-refractivity contribution in [2.75, 3.05) is 5.32 Å². The molecule has 0 bridgehead atoms. The molecule has 1 atom stereocenters. The Kier molecular flexibility index (Phi) is 3.38. The summed E-state index contributed by atoms with van der Waals surface area (Å²) in [6.07, 6.45) is 0.775. The molecule has 4 nitrogen and oxygen atoms in total. The molecule has 1 aromatic carbocycles. The molecule has 0 spiro atoms. The van der Waals surface area contributed by atoms with Gasteiger partial charge in [0.25, 0.3) is 0 Å². The van der Waals surface area contributed by atoms with Crippen LogP contribution in [0.1, 0.15) is 18.9 Å². The largest absolute Gasteiger partial charge is 0.481 e. The lowest BCUT2D eigenvalue weighted by atomic mass is 10.1. The van der Waals surface area contributed by atoms with Crippen LogP contribution in [0.3, 0.4) is 0 Å². The van der Waals surface area contributed by atoms with E-state index in [-0.39, 0.29) is 12.3 Å². The van der Waals surface area contributed by atoms with Crippen LogP contribution < -0.4 is 5.32 Å². The van der Waals surface area contributed by atoms with Crippen LogP contribution in [0.4, 0.5) is 5.69 Å². The number of hydrogen-bond acceptors (Lipinski definition) is 3. The van der Waals surface area contributed by atoms with Gasteiger partial charge in [-0.05, 0) is 24.1 Å². The van der Waals surface area contributed by atoms with Crippen molar-refractivity contribution in [3.8, 4) is 0 Å². The fourth-order valence-corrected chi connectivity index (χ4v) is 2.86. The van der Waals surface area contributed by atoms with Gasteiger partial charge in [-0.1, -0.05) is 13.0 Å². The molecule has 1 heterocycles. The average Bonchev–Trinajstić information content (AvgIpc) is 2.29. The predicted molar refractivity (Wildman–Crippen MR) is 66.3 cm³/mol. The van der Waals surface area contributed by atoms with Gasteiger partial charge in [-0.15, -0.1) is 11.8 Å². The number of carboxylic acid groups (broad SMARTS) is 1. The van der Waals surface area contributed by atoms with Crippen LogP contribution in [0, 0.1) is 0 Å². The number of anilines is 1. The summed E-state index contributed by atoms with van der Waals surface area (Å²) < 4.78 is 0. The lowest BCUT2D eigenvalue weighted by molar-refractivity contribution is -0.138. The van der Waals surface area contributed by atoms with E-state index in [4.69, 9.17) is 5.11 Å². The van der Waals surface area contributed by atoms with Crippen molar-refractivity contribution in [3.05, 3.63) is 23.8 Å². The zero-order valence-electron chi connectivity index (χ0n) is 9.40. The van der Waals surface area contributed by atoms with Crippen molar-refractivity contribution in [1.82, 2.24) is 0 Å². The SMILES string of the molecule is CCc1ccc2c(c1)SC(CC(=O)O)C(=O)N2. The Morgan fingerprint density at radius 3 is 2.94 bits per heavy atom. The van der Waals surface area contributed by atoms with Crippen molar-refractivity contribution >= 4 is 29.3 Å². The summed E-state index contributed by atoms with van der Waals surface area (Å²) in [7, 11) is 0. The van der Waals surface area contributed by atoms with Gasteiger partial charge in [-0.2, -0.15) is 0 Å². The average molecular weight is 251 g/mol. The lowest BCUT2D eigenvalue weighted by Crippen LogP contribution is -2.30. The molecule has 90 valence electrons. The van der Waals surface area contributed by atoms with Gasteiger partial charge in [0.05, 0.1) is 17.4 Å². The Morgan fingerprint density at radius 1 is 1.53 bits per heavy atom. The van der Waals surface area contributed by atoms with Gasteiger partial charge in [-0.3, -0.25) is 9.59 Å². The number of rotatable bonds is 3. The van der Waals surface area contributed by atoms with E-state index in [0.717, 1.165) is 17.0 Å². The van der Waals surface area contributed by atoms with Crippen molar-refractivity contribution in [2.45, 2.75) is 29.9 Å². The number of aryl methyl sites for hydroxylation is 1. The molecule has 2 rings (SSSR count). The van der Waals surface area contributed by atoms with Gasteiger partial charge >= 0.3 is 5.97 Å². The molecule has 2 N–H and O–H groups in total. The Labute approximate surface area is 103 Å². The number of nitrogens with one attached hydrogen (secondary N) is 1. The highest BCUT2D eigenvalue weighted by Gasteiger charge is 2.28. The van der Waals surface area contributed by atoms with E-state index in [0.29, 0.717) is 0 Å². The van der Waals surface area contributed by atoms with Crippen molar-refractivity contribution < 1.29 is 14.7 Å². The van der Waals surface area contributed by atoms with Crippen molar-refractivity contribution in [2.24, 2.45) is 0 Å². The molecule has 0 saturated carbocycles. The van der Waals surface area contributed by atoms with E-state index in [2.05, 4.69) is 12.2 Å². The standard InChI is InChI=1S/C12H13NO3S/c1-2-7-3-4-8-9(5-7)17-10(6-11(14)15)12(16)13-8/h3-5,10H,2,6H2,1H3,(H,13,16)(H,14,15). The quantitative estimate of drug-likeness (QED) is 0.863. The van der Waals surface area contributed by atoms with Gasteiger partial charge in [0.2, 0.25) is 5.91 Å². The van der Waals surface area contributed by atoms with Gasteiger partial charge in [0.15, 0.2) is 0 Å². The maximum absolute atomic E-state index is 11.7. The van der Waals surface area contributed by atoms with E-state index in [1.165, 1.54) is 17.3 Å². The zero-order valence-corrected chi connectivity index (χ0v) is 10.2. The van der Waals surface area contributed by atoms with E-state index >= 15 is 0 Å². The van der Waals surface area contributed by atoms with E-state index in [1.54, 1.807) is 0 Å². The summed E-state index contributed by atoms with van der Waals surface area (Å²) in [5.74, 6) is -1.18. The van der Waals surface area contributed by atoms with Gasteiger partial charge in [-0.25, -0.2) is 0 Å². The van der Waals surface area contributed by atoms with Crippen molar-refractivity contribution in [1.29, 1.82) is 0 Å². The molecule has 0 saturated heterocycles. The number of fused-ring (bicyclic) bond motifs is 1. The normalized spacial score (nSPS) is 18.4. The topological polar surface area (TPSA) is 66.4 Å². The van der Waals surface area contributed by atoms with Crippen molar-refractivity contribution in [3.63, 3.8) is 0 Å². The maximum Gasteiger partial charge on any atom is 0.305 e. The van der Waals surface area contributed by atoms with Crippen LogP contribution in [0.5, 0.6) is 0 Å². The Morgan fingerprint density at radius 2 is 2.29 bits per heavy atom. The van der Waals surface area contributed by atoms with Crippen LogP contribution in [-0.4, -0.2) is 22.2 Å². The zero-order chi connectivity index (χ0) is 12.4. The maximum atomic E-state index is 11.7. The third kappa shape index (κ3) is 2.61. The Balaban J connectivity index is 2.25. The highest BCUT2D eigenvalue weighted by molar-refractivity contribution is 8.01. The summed E-state index contributed by atoms with van der Waals surface area (Å²) >= 11 is 1.33. The number of benzene rings is 1. The molecule has 1 aliphatic rings. The number of carbonyl (C=O) groups is 2. The summed E-state index contributed by atoms with van der Waals surface area (Å²) in [5, 5.41) is 10.9. The molecular formula is C12H13NO3S. The van der Waals surface area contributed by atoms with Crippen LogP contribution in [-0.2, 0) is 16.0 Å². The molecule has 17 heavy (non-hydrogen) atoms. The predicted octanol–water partition coefficient (Wildman–Crippen LogP) is 2.14. The van der Waals surface area contributed by atoms with E-state index < -0.39 is 11.2 Å². The van der Waals surface area contributed by atoms with E-state index in [1.807, 2.05) is 18.2 Å². The summed E-state index contributed by atoms with van der Waals surface area (Å²) in [6.45, 7) is 2.06. The molecule has 0 fully saturated rings. The number of carboxylic acids is 1. The monoisotopic (exact) mass is 251 g/mol. The van der Waals surface area contributed by atoms with E-state index in [9.17, 15) is 9.59 Å². The van der Waals surface area contributed by atoms with Crippen LogP contribution >= 0.6 is 11.8 Å². The number of amides is 1. The van der Waals surface area contributed by atoms with Gasteiger partial charge in [0.1, 0.15) is 0 Å². The fraction of sp³-hybridized carbons (Fsp3) is 0.333. The molecule has 1 amide bonds. The molecule has 1 unspecified atom stereocenters. The number of thioether (sulfide) groups is 1. The molecule has 0 aliphatic carbocycles. The number of carbonyl (C=O) groups excluding carboxylic acids is 1. The van der Waals surface area contributed by atoms with Gasteiger partial charge < -0.3 is 10.4 Å². The minimum Gasteiger partial charge on any atom is -0.481 e. The number of hydrogen-bond donors (Lipinski definition) is 2.